The molecule has 0 saturated carbocycles. The van der Waals surface area contributed by atoms with Crippen molar-refractivity contribution in [3.8, 4) is 6.07 Å². The van der Waals surface area contributed by atoms with Gasteiger partial charge in [-0.3, -0.25) is 0 Å². The van der Waals surface area contributed by atoms with Crippen LogP contribution in [-0.2, 0) is 4.74 Å². The number of anilines is 3. The second kappa shape index (κ2) is 8.75. The van der Waals surface area contributed by atoms with Crippen LogP contribution in [0.1, 0.15) is 39.2 Å². The fourth-order valence-corrected chi connectivity index (χ4v) is 3.62. The van der Waals surface area contributed by atoms with Crippen molar-refractivity contribution in [3.63, 3.8) is 0 Å². The van der Waals surface area contributed by atoms with Crippen molar-refractivity contribution in [3.05, 3.63) is 48.0 Å². The Morgan fingerprint density at radius 2 is 2.00 bits per heavy atom. The highest BCUT2D eigenvalue weighted by atomic mass is 16.6. The number of hydrogen-bond donors (Lipinski definition) is 2. The maximum Gasteiger partial charge on any atom is 0.410 e. The number of piperidine rings is 1. The molecule has 0 unspecified atom stereocenters. The molecule has 1 amide bonds. The van der Waals surface area contributed by atoms with Gasteiger partial charge in [0.15, 0.2) is 5.65 Å². The summed E-state index contributed by atoms with van der Waals surface area (Å²) >= 11 is 0. The fraction of sp³-hybridized carbons (Fsp3) is 0.391. The van der Waals surface area contributed by atoms with Gasteiger partial charge in [-0.2, -0.15) is 14.8 Å². The average Bonchev–Trinajstić information content (AvgIpc) is 3.17. The molecule has 3 heterocycles. The number of pyridine rings is 1. The summed E-state index contributed by atoms with van der Waals surface area (Å²) in [5.41, 5.74) is 1.58. The van der Waals surface area contributed by atoms with Crippen molar-refractivity contribution in [2.24, 2.45) is 0 Å². The predicted octanol–water partition coefficient (Wildman–Crippen LogP) is 4.16. The van der Waals surface area contributed by atoms with E-state index >= 15 is 0 Å². The zero-order valence-electron chi connectivity index (χ0n) is 18.5. The molecule has 1 fully saturated rings. The molecule has 4 rings (SSSR count). The van der Waals surface area contributed by atoms with Crippen LogP contribution in [0.3, 0.4) is 0 Å². The number of carbonyl (C=O) groups excluding carboxylic acids is 1. The third kappa shape index (κ3) is 5.09. The summed E-state index contributed by atoms with van der Waals surface area (Å²) in [5, 5.41) is 20.2. The first-order valence-electron chi connectivity index (χ1n) is 10.7. The molecule has 0 radical (unpaired) electrons. The summed E-state index contributed by atoms with van der Waals surface area (Å²) in [6.07, 6.45) is 1.56. The highest BCUT2D eigenvalue weighted by Crippen LogP contribution is 2.21. The molecule has 9 heteroatoms. The van der Waals surface area contributed by atoms with Gasteiger partial charge in [0.2, 0.25) is 5.95 Å². The van der Waals surface area contributed by atoms with Crippen molar-refractivity contribution in [2.75, 3.05) is 23.7 Å². The number of nitrogens with zero attached hydrogens (tertiary/aromatic N) is 5. The number of aromatic nitrogens is 3. The summed E-state index contributed by atoms with van der Waals surface area (Å²) in [6, 6.07) is 15.1. The van der Waals surface area contributed by atoms with Gasteiger partial charge < -0.3 is 20.3 Å². The number of hydrogen-bond acceptors (Lipinski definition) is 7. The topological polar surface area (TPSA) is 108 Å². The number of nitrogens with one attached hydrogen (secondary N) is 2. The molecule has 0 aliphatic carbocycles. The molecular weight excluding hydrogens is 406 g/mol. The zero-order chi connectivity index (χ0) is 22.7. The van der Waals surface area contributed by atoms with Crippen LogP contribution in [0.5, 0.6) is 0 Å². The largest absolute Gasteiger partial charge is 0.444 e. The molecule has 1 atom stereocenters. The maximum atomic E-state index is 12.5. The summed E-state index contributed by atoms with van der Waals surface area (Å²) in [7, 11) is 0. The van der Waals surface area contributed by atoms with E-state index in [2.05, 4.69) is 26.8 Å². The van der Waals surface area contributed by atoms with E-state index < -0.39 is 5.60 Å². The molecule has 1 saturated heterocycles. The van der Waals surface area contributed by atoms with Crippen LogP contribution >= 0.6 is 0 Å². The van der Waals surface area contributed by atoms with Crippen LogP contribution in [0.15, 0.2) is 42.5 Å². The quantitative estimate of drug-likeness (QED) is 0.636. The lowest BCUT2D eigenvalue weighted by Crippen LogP contribution is -2.47. The SMILES string of the molecule is CC(C)(C)OC(=O)N1CCC[C@H](Nc2cccc3nc(Nc4ccc(C#N)cc4)nn23)C1. The van der Waals surface area contributed by atoms with Crippen LogP contribution in [-0.4, -0.2) is 50.3 Å². The predicted molar refractivity (Wildman–Crippen MR) is 122 cm³/mol. The molecular formula is C23H27N7O2. The average molecular weight is 434 g/mol. The van der Waals surface area contributed by atoms with Crippen molar-refractivity contribution in [1.29, 1.82) is 5.26 Å². The molecule has 2 aromatic heterocycles. The molecule has 1 aliphatic heterocycles. The fourth-order valence-electron chi connectivity index (χ4n) is 3.62. The van der Waals surface area contributed by atoms with Gasteiger partial charge in [-0.25, -0.2) is 4.79 Å². The molecule has 166 valence electrons. The second-order valence-corrected chi connectivity index (χ2v) is 8.84. The minimum atomic E-state index is -0.512. The number of rotatable bonds is 4. The van der Waals surface area contributed by atoms with Gasteiger partial charge in [-0.1, -0.05) is 6.07 Å². The first kappa shape index (κ1) is 21.4. The first-order valence-corrected chi connectivity index (χ1v) is 10.7. The summed E-state index contributed by atoms with van der Waals surface area (Å²) in [4.78, 5) is 18.8. The van der Waals surface area contributed by atoms with E-state index in [1.54, 1.807) is 21.5 Å². The number of nitriles is 1. The molecule has 0 spiro atoms. The molecule has 1 aliphatic rings. The molecule has 2 N–H and O–H groups in total. The normalized spacial score (nSPS) is 16.4. The van der Waals surface area contributed by atoms with Crippen molar-refractivity contribution in [2.45, 2.75) is 45.3 Å². The van der Waals surface area contributed by atoms with Crippen LogP contribution in [0.4, 0.5) is 22.2 Å². The number of amides is 1. The van der Waals surface area contributed by atoms with E-state index in [1.165, 1.54) is 0 Å². The van der Waals surface area contributed by atoms with Crippen LogP contribution in [0.2, 0.25) is 0 Å². The number of fused-ring (bicyclic) bond motifs is 1. The van der Waals surface area contributed by atoms with E-state index in [4.69, 9.17) is 10.00 Å². The third-order valence-corrected chi connectivity index (χ3v) is 5.05. The van der Waals surface area contributed by atoms with Gasteiger partial charge in [0.25, 0.3) is 0 Å². The Bertz CT molecular complexity index is 1140. The lowest BCUT2D eigenvalue weighted by molar-refractivity contribution is 0.0206. The van der Waals surface area contributed by atoms with E-state index in [-0.39, 0.29) is 12.1 Å². The van der Waals surface area contributed by atoms with Gasteiger partial charge in [-0.05, 0) is 70.0 Å². The second-order valence-electron chi connectivity index (χ2n) is 8.84. The van der Waals surface area contributed by atoms with Gasteiger partial charge in [0.05, 0.1) is 11.6 Å². The minimum absolute atomic E-state index is 0.0843. The van der Waals surface area contributed by atoms with E-state index in [0.29, 0.717) is 30.2 Å². The van der Waals surface area contributed by atoms with E-state index in [9.17, 15) is 4.79 Å². The van der Waals surface area contributed by atoms with Gasteiger partial charge in [0, 0.05) is 24.8 Å². The van der Waals surface area contributed by atoms with Crippen molar-refractivity contribution in [1.82, 2.24) is 19.5 Å². The Labute approximate surface area is 187 Å². The van der Waals surface area contributed by atoms with E-state index in [1.807, 2.05) is 51.1 Å². The van der Waals surface area contributed by atoms with Crippen LogP contribution in [0.25, 0.3) is 5.65 Å². The Morgan fingerprint density at radius 3 is 2.72 bits per heavy atom. The van der Waals surface area contributed by atoms with Crippen LogP contribution < -0.4 is 10.6 Å². The number of benzene rings is 1. The lowest BCUT2D eigenvalue weighted by atomic mass is 10.1. The van der Waals surface area contributed by atoms with Crippen LogP contribution in [0, 0.1) is 11.3 Å². The first-order chi connectivity index (χ1) is 15.3. The summed E-state index contributed by atoms with van der Waals surface area (Å²) < 4.78 is 7.27. The number of likely N-dealkylation sites (tertiary alicyclic amines) is 1. The van der Waals surface area contributed by atoms with Gasteiger partial charge in [-0.15, -0.1) is 5.10 Å². The Morgan fingerprint density at radius 1 is 1.22 bits per heavy atom. The number of carbonyl (C=O) groups is 1. The Balaban J connectivity index is 1.47. The molecule has 32 heavy (non-hydrogen) atoms. The Kier molecular flexibility index (Phi) is 5.86. The molecule has 9 nitrogen and oxygen atoms in total. The number of ether oxygens (including phenoxy) is 1. The standard InChI is InChI=1S/C23H27N7O2/c1-23(2,3)32-22(31)29-13-5-6-18(15-29)25-19-7-4-8-20-27-21(28-30(19)20)26-17-11-9-16(14-24)10-12-17/h4,7-12,18,25H,5-6,13,15H2,1-3H3,(H,26,28)/t18-/m0/s1. The molecule has 0 bridgehead atoms. The lowest BCUT2D eigenvalue weighted by Gasteiger charge is -2.34. The van der Waals surface area contributed by atoms with E-state index in [0.717, 1.165) is 24.3 Å². The van der Waals surface area contributed by atoms with Crippen molar-refractivity contribution >= 4 is 29.2 Å². The summed E-state index contributed by atoms with van der Waals surface area (Å²) in [6.45, 7) is 6.88. The third-order valence-electron chi connectivity index (χ3n) is 5.05. The smallest absolute Gasteiger partial charge is 0.410 e. The highest BCUT2D eigenvalue weighted by molar-refractivity contribution is 5.68. The molecule has 1 aromatic carbocycles. The summed E-state index contributed by atoms with van der Waals surface area (Å²) in [5.74, 6) is 1.27. The Hall–Kier alpha value is -3.80. The van der Waals surface area contributed by atoms with Gasteiger partial charge in [0.1, 0.15) is 11.4 Å². The molecule has 3 aromatic rings. The maximum absolute atomic E-state index is 12.5. The van der Waals surface area contributed by atoms with Crippen molar-refractivity contribution < 1.29 is 9.53 Å². The van der Waals surface area contributed by atoms with Gasteiger partial charge >= 0.3 is 6.09 Å². The monoisotopic (exact) mass is 433 g/mol. The highest BCUT2D eigenvalue weighted by Gasteiger charge is 2.28. The zero-order valence-corrected chi connectivity index (χ0v) is 18.5. The minimum Gasteiger partial charge on any atom is -0.444 e.